The molecule has 0 amide bonds. The molecule has 0 saturated heterocycles. The van der Waals surface area contributed by atoms with E-state index in [1.165, 1.54) is 6.33 Å². The van der Waals surface area contributed by atoms with E-state index in [4.69, 9.17) is 0 Å². The number of hydrogen-bond donors (Lipinski definition) is 1. The second-order valence-electron chi connectivity index (χ2n) is 3.33. The zero-order valence-electron chi connectivity index (χ0n) is 8.33. The highest BCUT2D eigenvalue weighted by Gasteiger charge is 2.11. The molecule has 15 heavy (non-hydrogen) atoms. The summed E-state index contributed by atoms with van der Waals surface area (Å²) in [7, 11) is 0. The van der Waals surface area contributed by atoms with Crippen LogP contribution in [-0.2, 0) is 0 Å². The van der Waals surface area contributed by atoms with Gasteiger partial charge in [-0.05, 0) is 18.6 Å². The minimum atomic E-state index is -0.758. The second-order valence-corrected chi connectivity index (χ2v) is 3.33. The van der Waals surface area contributed by atoms with Gasteiger partial charge in [0.25, 0.3) is 0 Å². The number of rotatable bonds is 2. The molecule has 1 N–H and O–H groups in total. The summed E-state index contributed by atoms with van der Waals surface area (Å²) in [5.41, 5.74) is 2.32. The highest BCUT2D eigenvalue weighted by Crippen LogP contribution is 2.17. The summed E-state index contributed by atoms with van der Waals surface area (Å²) in [6.45, 7) is 1.95. The summed E-state index contributed by atoms with van der Waals surface area (Å²) in [6.07, 6.45) is 5.56. The van der Waals surface area contributed by atoms with Gasteiger partial charge in [-0.3, -0.25) is 4.98 Å². The number of aryl methyl sites for hydroxylation is 1. The van der Waals surface area contributed by atoms with E-state index in [1.807, 2.05) is 13.0 Å². The van der Waals surface area contributed by atoms with Crippen molar-refractivity contribution in [3.63, 3.8) is 0 Å². The van der Waals surface area contributed by atoms with Crippen molar-refractivity contribution in [3.8, 4) is 0 Å². The number of pyridine rings is 1. The van der Waals surface area contributed by atoms with Crippen LogP contribution in [0.3, 0.4) is 0 Å². The normalized spacial score (nSPS) is 12.4. The lowest BCUT2D eigenvalue weighted by Gasteiger charge is -2.09. The van der Waals surface area contributed by atoms with Gasteiger partial charge in [0.1, 0.15) is 12.4 Å². The highest BCUT2D eigenvalue weighted by molar-refractivity contribution is 5.22. The Morgan fingerprint density at radius 2 is 1.87 bits per heavy atom. The lowest BCUT2D eigenvalue weighted by molar-refractivity contribution is 0.214. The lowest BCUT2D eigenvalue weighted by atomic mass is 10.1. The van der Waals surface area contributed by atoms with E-state index in [9.17, 15) is 5.11 Å². The molecule has 76 valence electrons. The third kappa shape index (κ3) is 2.16. The van der Waals surface area contributed by atoms with Crippen LogP contribution in [0.5, 0.6) is 0 Å². The summed E-state index contributed by atoms with van der Waals surface area (Å²) in [4.78, 5) is 11.8. The van der Waals surface area contributed by atoms with Crippen LogP contribution in [0, 0.1) is 6.92 Å². The molecule has 1 atom stereocenters. The monoisotopic (exact) mass is 201 g/mol. The van der Waals surface area contributed by atoms with Crippen LogP contribution in [0.1, 0.15) is 22.9 Å². The predicted octanol–water partition coefficient (Wildman–Crippen LogP) is 1.26. The Balaban J connectivity index is 2.29. The minimum absolute atomic E-state index is 0.607. The molecular weight excluding hydrogens is 190 g/mol. The van der Waals surface area contributed by atoms with Crippen molar-refractivity contribution in [3.05, 3.63) is 53.9 Å². The largest absolute Gasteiger partial charge is 0.382 e. The Hall–Kier alpha value is -1.81. The van der Waals surface area contributed by atoms with Gasteiger partial charge >= 0.3 is 0 Å². The molecule has 0 aliphatic rings. The Kier molecular flexibility index (Phi) is 2.69. The Morgan fingerprint density at radius 1 is 1.13 bits per heavy atom. The third-order valence-electron chi connectivity index (χ3n) is 2.11. The maximum Gasteiger partial charge on any atom is 0.124 e. The first kappa shape index (κ1) is 9.73. The molecule has 2 rings (SSSR count). The molecule has 0 bridgehead atoms. The van der Waals surface area contributed by atoms with Crippen molar-refractivity contribution in [1.82, 2.24) is 15.0 Å². The van der Waals surface area contributed by atoms with Gasteiger partial charge in [0.15, 0.2) is 0 Å². The molecule has 0 aliphatic carbocycles. The summed E-state index contributed by atoms with van der Waals surface area (Å²) in [5, 5.41) is 9.94. The number of aliphatic hydroxyl groups is 1. The van der Waals surface area contributed by atoms with Crippen molar-refractivity contribution in [1.29, 1.82) is 0 Å². The van der Waals surface area contributed by atoms with Crippen molar-refractivity contribution >= 4 is 0 Å². The predicted molar refractivity (Wildman–Crippen MR) is 55.1 cm³/mol. The van der Waals surface area contributed by atoms with E-state index < -0.39 is 6.10 Å². The summed E-state index contributed by atoms with van der Waals surface area (Å²) in [6, 6.07) is 3.71. The lowest BCUT2D eigenvalue weighted by Crippen LogP contribution is -2.03. The molecular formula is C11H11N3O. The topological polar surface area (TPSA) is 58.9 Å². The molecule has 0 aromatic carbocycles. The standard InChI is InChI=1S/C11H11N3O/c1-8-2-3-10(14-4-8)11(15)9-5-12-7-13-6-9/h2-7,11,15H,1H3. The van der Waals surface area contributed by atoms with Crippen LogP contribution < -0.4 is 0 Å². The third-order valence-corrected chi connectivity index (χ3v) is 2.11. The first-order chi connectivity index (χ1) is 7.27. The van der Waals surface area contributed by atoms with Gasteiger partial charge in [0, 0.05) is 24.2 Å². The fraction of sp³-hybridized carbons (Fsp3) is 0.182. The first-order valence-electron chi connectivity index (χ1n) is 4.63. The van der Waals surface area contributed by atoms with Crippen LogP contribution in [0.25, 0.3) is 0 Å². The molecule has 0 fully saturated rings. The van der Waals surface area contributed by atoms with Gasteiger partial charge in [0.2, 0.25) is 0 Å². The van der Waals surface area contributed by atoms with E-state index in [0.29, 0.717) is 11.3 Å². The molecule has 0 radical (unpaired) electrons. The molecule has 4 nitrogen and oxygen atoms in total. The SMILES string of the molecule is Cc1ccc(C(O)c2cncnc2)nc1. The average Bonchev–Trinajstić information content (AvgIpc) is 2.30. The Labute approximate surface area is 87.7 Å². The van der Waals surface area contributed by atoms with Crippen molar-refractivity contribution in [2.45, 2.75) is 13.0 Å². The summed E-state index contributed by atoms with van der Waals surface area (Å²) < 4.78 is 0. The molecule has 2 heterocycles. The fourth-order valence-electron chi connectivity index (χ4n) is 1.26. The first-order valence-corrected chi connectivity index (χ1v) is 4.63. The molecule has 0 saturated carbocycles. The molecule has 1 unspecified atom stereocenters. The van der Waals surface area contributed by atoms with Gasteiger partial charge in [-0.2, -0.15) is 0 Å². The minimum Gasteiger partial charge on any atom is -0.382 e. The number of hydrogen-bond acceptors (Lipinski definition) is 4. The number of nitrogens with zero attached hydrogens (tertiary/aromatic N) is 3. The van der Waals surface area contributed by atoms with Crippen LogP contribution in [0.4, 0.5) is 0 Å². The molecule has 4 heteroatoms. The zero-order valence-corrected chi connectivity index (χ0v) is 8.33. The Bertz CT molecular complexity index is 427. The van der Waals surface area contributed by atoms with Crippen molar-refractivity contribution in [2.24, 2.45) is 0 Å². The van der Waals surface area contributed by atoms with Crippen LogP contribution in [-0.4, -0.2) is 20.1 Å². The van der Waals surface area contributed by atoms with E-state index in [1.54, 1.807) is 24.7 Å². The van der Waals surface area contributed by atoms with E-state index >= 15 is 0 Å². The molecule has 2 aromatic rings. The highest BCUT2D eigenvalue weighted by atomic mass is 16.3. The smallest absolute Gasteiger partial charge is 0.124 e. The van der Waals surface area contributed by atoms with Crippen LogP contribution >= 0.6 is 0 Å². The van der Waals surface area contributed by atoms with Crippen LogP contribution in [0.15, 0.2) is 37.1 Å². The number of aliphatic hydroxyl groups excluding tert-OH is 1. The quantitative estimate of drug-likeness (QED) is 0.794. The fourth-order valence-corrected chi connectivity index (χ4v) is 1.26. The second kappa shape index (κ2) is 4.14. The van der Waals surface area contributed by atoms with Crippen molar-refractivity contribution in [2.75, 3.05) is 0 Å². The number of aromatic nitrogens is 3. The van der Waals surface area contributed by atoms with E-state index in [-0.39, 0.29) is 0 Å². The van der Waals surface area contributed by atoms with Gasteiger partial charge in [-0.1, -0.05) is 6.07 Å². The Morgan fingerprint density at radius 3 is 2.47 bits per heavy atom. The van der Waals surface area contributed by atoms with Gasteiger partial charge < -0.3 is 5.11 Å². The zero-order chi connectivity index (χ0) is 10.7. The molecule has 2 aromatic heterocycles. The van der Waals surface area contributed by atoms with Gasteiger partial charge in [-0.25, -0.2) is 9.97 Å². The average molecular weight is 201 g/mol. The summed E-state index contributed by atoms with van der Waals surface area (Å²) >= 11 is 0. The summed E-state index contributed by atoms with van der Waals surface area (Å²) in [5.74, 6) is 0. The molecule has 0 spiro atoms. The van der Waals surface area contributed by atoms with Crippen LogP contribution in [0.2, 0.25) is 0 Å². The van der Waals surface area contributed by atoms with Crippen molar-refractivity contribution < 1.29 is 5.11 Å². The maximum absolute atomic E-state index is 9.94. The van der Waals surface area contributed by atoms with E-state index in [2.05, 4.69) is 15.0 Å². The maximum atomic E-state index is 9.94. The van der Waals surface area contributed by atoms with Gasteiger partial charge in [-0.15, -0.1) is 0 Å². The van der Waals surface area contributed by atoms with E-state index in [0.717, 1.165) is 5.56 Å². The van der Waals surface area contributed by atoms with Gasteiger partial charge in [0.05, 0.1) is 5.69 Å². The molecule has 0 aliphatic heterocycles.